The maximum Gasteiger partial charge on any atom is 0.306 e. The molecule has 0 aliphatic carbocycles. The Bertz CT molecular complexity index is 1010. The van der Waals surface area contributed by atoms with Gasteiger partial charge in [-0.25, -0.2) is 0 Å². The second-order valence-corrected chi connectivity index (χ2v) is 19.9. The van der Waals surface area contributed by atoms with E-state index in [1.165, 1.54) is 218 Å². The van der Waals surface area contributed by atoms with E-state index in [0.29, 0.717) is 19.3 Å². The van der Waals surface area contributed by atoms with Crippen LogP contribution in [0.2, 0.25) is 0 Å². The van der Waals surface area contributed by atoms with Gasteiger partial charge < -0.3 is 14.2 Å². The molecule has 0 radical (unpaired) electrons. The van der Waals surface area contributed by atoms with Gasteiger partial charge in [0.25, 0.3) is 0 Å². The van der Waals surface area contributed by atoms with Crippen molar-refractivity contribution in [3.63, 3.8) is 0 Å². The number of carbonyl (C=O) groups is 3. The lowest BCUT2D eigenvalue weighted by molar-refractivity contribution is -0.167. The summed E-state index contributed by atoms with van der Waals surface area (Å²) < 4.78 is 16.8. The first-order chi connectivity index (χ1) is 32.0. The van der Waals surface area contributed by atoms with Crippen molar-refractivity contribution < 1.29 is 28.6 Å². The van der Waals surface area contributed by atoms with Crippen LogP contribution in [0.1, 0.15) is 329 Å². The standard InChI is InChI=1S/C59H112O6/c1-4-7-10-13-16-19-22-23-24-25-26-27-28-29-30-31-32-33-34-35-36-38-40-43-46-49-52-58(61)64-55-56(54-63-57(60)51-48-45-42-39-21-18-15-12-9-6-3)65-59(62)53-50-47-44-41-37-20-17-14-11-8-5-2/h12,15,56H,4-11,13-14,16-55H2,1-3H3/b15-12-. The largest absolute Gasteiger partial charge is 0.462 e. The average Bonchev–Trinajstić information content (AvgIpc) is 3.30. The number of hydrogen-bond acceptors (Lipinski definition) is 6. The summed E-state index contributed by atoms with van der Waals surface area (Å²) in [5.74, 6) is -0.860. The van der Waals surface area contributed by atoms with Crippen LogP contribution in [0.3, 0.4) is 0 Å². The van der Waals surface area contributed by atoms with Crippen LogP contribution in [0, 0.1) is 0 Å². The van der Waals surface area contributed by atoms with E-state index in [4.69, 9.17) is 14.2 Å². The monoisotopic (exact) mass is 917 g/mol. The van der Waals surface area contributed by atoms with Crippen molar-refractivity contribution in [1.29, 1.82) is 0 Å². The van der Waals surface area contributed by atoms with E-state index in [1.54, 1.807) is 0 Å². The minimum absolute atomic E-state index is 0.0672. The van der Waals surface area contributed by atoms with E-state index in [1.807, 2.05) is 0 Å². The molecular formula is C59H112O6. The Morgan fingerprint density at radius 2 is 0.538 bits per heavy atom. The molecular weight excluding hydrogens is 805 g/mol. The Labute approximate surface area is 405 Å². The lowest BCUT2D eigenvalue weighted by atomic mass is 10.0. The maximum atomic E-state index is 12.8. The van der Waals surface area contributed by atoms with Crippen molar-refractivity contribution in [2.24, 2.45) is 0 Å². The van der Waals surface area contributed by atoms with Crippen LogP contribution in [0.15, 0.2) is 12.2 Å². The lowest BCUT2D eigenvalue weighted by Crippen LogP contribution is -2.30. The molecule has 0 aliphatic rings. The normalized spacial score (nSPS) is 12.0. The molecule has 384 valence electrons. The highest BCUT2D eigenvalue weighted by atomic mass is 16.6. The fraction of sp³-hybridized carbons (Fsp3) is 0.915. The fourth-order valence-electron chi connectivity index (χ4n) is 8.86. The van der Waals surface area contributed by atoms with E-state index in [9.17, 15) is 14.4 Å². The molecule has 0 aromatic carbocycles. The molecule has 0 rings (SSSR count). The fourth-order valence-corrected chi connectivity index (χ4v) is 8.86. The van der Waals surface area contributed by atoms with Gasteiger partial charge in [0, 0.05) is 19.3 Å². The summed E-state index contributed by atoms with van der Waals surface area (Å²) in [6.45, 7) is 6.61. The number of allylic oxidation sites excluding steroid dienone is 2. The third-order valence-electron chi connectivity index (χ3n) is 13.3. The first kappa shape index (κ1) is 63.1. The molecule has 1 unspecified atom stereocenters. The van der Waals surface area contributed by atoms with E-state index in [2.05, 4.69) is 32.9 Å². The molecule has 0 aromatic rings. The van der Waals surface area contributed by atoms with Crippen molar-refractivity contribution in [3.05, 3.63) is 12.2 Å². The van der Waals surface area contributed by atoms with Crippen LogP contribution in [-0.4, -0.2) is 37.2 Å². The van der Waals surface area contributed by atoms with Crippen LogP contribution in [-0.2, 0) is 28.6 Å². The molecule has 0 heterocycles. The van der Waals surface area contributed by atoms with Gasteiger partial charge in [-0.2, -0.15) is 0 Å². The van der Waals surface area contributed by atoms with Gasteiger partial charge in [0.1, 0.15) is 13.2 Å². The summed E-state index contributed by atoms with van der Waals surface area (Å²) >= 11 is 0. The van der Waals surface area contributed by atoms with Gasteiger partial charge in [-0.1, -0.05) is 283 Å². The average molecular weight is 918 g/mol. The quantitative estimate of drug-likeness (QED) is 0.0262. The van der Waals surface area contributed by atoms with E-state index >= 15 is 0 Å². The first-order valence-electron chi connectivity index (χ1n) is 29.2. The lowest BCUT2D eigenvalue weighted by Gasteiger charge is -2.18. The van der Waals surface area contributed by atoms with Gasteiger partial charge in [-0.3, -0.25) is 14.4 Å². The smallest absolute Gasteiger partial charge is 0.306 e. The zero-order valence-corrected chi connectivity index (χ0v) is 44.0. The predicted octanol–water partition coefficient (Wildman–Crippen LogP) is 19.3. The maximum absolute atomic E-state index is 12.8. The highest BCUT2D eigenvalue weighted by molar-refractivity contribution is 5.71. The molecule has 0 aromatic heterocycles. The molecule has 0 saturated heterocycles. The van der Waals surface area contributed by atoms with Crippen LogP contribution >= 0.6 is 0 Å². The van der Waals surface area contributed by atoms with Crippen LogP contribution in [0.25, 0.3) is 0 Å². The molecule has 0 saturated carbocycles. The minimum Gasteiger partial charge on any atom is -0.462 e. The molecule has 0 amide bonds. The Kier molecular flexibility index (Phi) is 53.2. The third kappa shape index (κ3) is 53.0. The molecule has 6 heteroatoms. The molecule has 65 heavy (non-hydrogen) atoms. The van der Waals surface area contributed by atoms with E-state index in [-0.39, 0.29) is 31.1 Å². The van der Waals surface area contributed by atoms with Crippen molar-refractivity contribution in [3.8, 4) is 0 Å². The zero-order chi connectivity index (χ0) is 47.2. The van der Waals surface area contributed by atoms with Gasteiger partial charge in [0.15, 0.2) is 6.10 Å². The molecule has 0 fully saturated rings. The SMILES string of the molecule is CCC/C=C\CCCCCCCC(=O)OCC(COC(=O)CCCCCCCCCCCCCCCCCCCCCCCCCCCC)OC(=O)CCCCCCCCCCCCC. The Hall–Kier alpha value is -1.85. The second kappa shape index (κ2) is 54.8. The second-order valence-electron chi connectivity index (χ2n) is 19.9. The summed E-state index contributed by atoms with van der Waals surface area (Å²) in [6.07, 6.45) is 62.3. The third-order valence-corrected chi connectivity index (χ3v) is 13.3. The summed E-state index contributed by atoms with van der Waals surface area (Å²) in [7, 11) is 0. The summed E-state index contributed by atoms with van der Waals surface area (Å²) in [5.41, 5.74) is 0. The molecule has 0 bridgehead atoms. The number of unbranched alkanes of at least 4 members (excludes halogenated alkanes) is 41. The summed E-state index contributed by atoms with van der Waals surface area (Å²) in [4.78, 5) is 37.9. The molecule has 0 spiro atoms. The molecule has 1 atom stereocenters. The van der Waals surface area contributed by atoms with Crippen molar-refractivity contribution in [2.45, 2.75) is 335 Å². The highest BCUT2D eigenvalue weighted by Crippen LogP contribution is 2.18. The van der Waals surface area contributed by atoms with Crippen molar-refractivity contribution in [2.75, 3.05) is 13.2 Å². The van der Waals surface area contributed by atoms with Gasteiger partial charge in [-0.05, 0) is 38.5 Å². The molecule has 6 nitrogen and oxygen atoms in total. The molecule has 0 N–H and O–H groups in total. The number of carbonyl (C=O) groups excluding carboxylic acids is 3. The Morgan fingerprint density at radius 1 is 0.292 bits per heavy atom. The number of hydrogen-bond donors (Lipinski definition) is 0. The van der Waals surface area contributed by atoms with E-state index in [0.717, 1.165) is 70.6 Å². The van der Waals surface area contributed by atoms with Gasteiger partial charge >= 0.3 is 17.9 Å². The molecule has 0 aliphatic heterocycles. The number of ether oxygens (including phenoxy) is 3. The van der Waals surface area contributed by atoms with Crippen molar-refractivity contribution in [1.82, 2.24) is 0 Å². The van der Waals surface area contributed by atoms with Crippen molar-refractivity contribution >= 4 is 17.9 Å². The first-order valence-corrected chi connectivity index (χ1v) is 29.2. The van der Waals surface area contributed by atoms with Crippen LogP contribution < -0.4 is 0 Å². The predicted molar refractivity (Wildman–Crippen MR) is 280 cm³/mol. The highest BCUT2D eigenvalue weighted by Gasteiger charge is 2.19. The number of rotatable bonds is 54. The van der Waals surface area contributed by atoms with E-state index < -0.39 is 6.10 Å². The Morgan fingerprint density at radius 3 is 0.831 bits per heavy atom. The topological polar surface area (TPSA) is 78.9 Å². The van der Waals surface area contributed by atoms with Crippen LogP contribution in [0.5, 0.6) is 0 Å². The van der Waals surface area contributed by atoms with Crippen LogP contribution in [0.4, 0.5) is 0 Å². The number of esters is 3. The summed E-state index contributed by atoms with van der Waals surface area (Å²) in [5, 5.41) is 0. The Balaban J connectivity index is 4.06. The van der Waals surface area contributed by atoms with Gasteiger partial charge in [-0.15, -0.1) is 0 Å². The minimum atomic E-state index is -0.766. The van der Waals surface area contributed by atoms with Gasteiger partial charge in [0.2, 0.25) is 0 Å². The summed E-state index contributed by atoms with van der Waals surface area (Å²) in [6, 6.07) is 0. The zero-order valence-electron chi connectivity index (χ0n) is 44.0. The van der Waals surface area contributed by atoms with Gasteiger partial charge in [0.05, 0.1) is 0 Å².